The Bertz CT molecular complexity index is 827. The number of nitrogens with one attached hydrogen (secondary N) is 1. The van der Waals surface area contributed by atoms with E-state index in [9.17, 15) is 18.8 Å². The second-order valence-corrected chi connectivity index (χ2v) is 5.79. The molecule has 2 aromatic rings. The first-order valence-electron chi connectivity index (χ1n) is 7.31. The number of benzene rings is 1. The number of ketones is 1. The van der Waals surface area contributed by atoms with Crippen LogP contribution in [-0.2, 0) is 10.3 Å². The fraction of sp³-hybridized carbons (Fsp3) is 0.235. The molecule has 1 aromatic carbocycles. The summed E-state index contributed by atoms with van der Waals surface area (Å²) >= 11 is 0. The average molecular weight is 330 g/mol. The molecular weight excluding hydrogens is 315 g/mol. The first-order valence-corrected chi connectivity index (χ1v) is 7.31. The molecular formula is C17H15FN2O4. The maximum absolute atomic E-state index is 12.9. The van der Waals surface area contributed by atoms with E-state index in [4.69, 9.17) is 4.42 Å². The Kier molecular flexibility index (Phi) is 3.71. The molecule has 24 heavy (non-hydrogen) atoms. The molecule has 0 saturated carbocycles. The third kappa shape index (κ3) is 2.58. The molecule has 6 nitrogen and oxygen atoms in total. The number of carbonyl (C=O) groups is 3. The second-order valence-electron chi connectivity index (χ2n) is 5.79. The molecule has 1 N–H and O–H groups in total. The smallest absolute Gasteiger partial charge is 0.325 e. The van der Waals surface area contributed by atoms with E-state index in [1.165, 1.54) is 19.1 Å². The summed E-state index contributed by atoms with van der Waals surface area (Å²) in [6, 6.07) is 7.54. The van der Waals surface area contributed by atoms with Gasteiger partial charge in [-0.25, -0.2) is 9.18 Å². The van der Waals surface area contributed by atoms with Crippen molar-refractivity contribution in [2.24, 2.45) is 0 Å². The highest BCUT2D eigenvalue weighted by atomic mass is 19.1. The SMILES string of the molecule is Cc1ccc(C2(C)NC(=O)N(CC(=O)c3ccc(F)cc3)C2=O)o1. The van der Waals surface area contributed by atoms with Gasteiger partial charge in [0, 0.05) is 5.56 Å². The lowest BCUT2D eigenvalue weighted by atomic mass is 9.99. The lowest BCUT2D eigenvalue weighted by Crippen LogP contribution is -2.41. The van der Waals surface area contributed by atoms with Crippen LogP contribution in [0.25, 0.3) is 0 Å². The molecule has 1 aromatic heterocycles. The number of halogens is 1. The monoisotopic (exact) mass is 330 g/mol. The Morgan fingerprint density at radius 2 is 1.88 bits per heavy atom. The van der Waals surface area contributed by atoms with Gasteiger partial charge in [0.15, 0.2) is 11.3 Å². The number of furan rings is 1. The molecule has 1 unspecified atom stereocenters. The minimum atomic E-state index is -1.35. The molecule has 124 valence electrons. The molecule has 0 aliphatic carbocycles. The van der Waals surface area contributed by atoms with Gasteiger partial charge in [-0.15, -0.1) is 0 Å². The molecule has 1 aliphatic heterocycles. The molecule has 0 bridgehead atoms. The molecule has 1 aliphatic rings. The van der Waals surface area contributed by atoms with E-state index in [1.807, 2.05) is 0 Å². The van der Waals surface area contributed by atoms with Crippen LogP contribution in [0.15, 0.2) is 40.8 Å². The van der Waals surface area contributed by atoms with Gasteiger partial charge in [-0.2, -0.15) is 0 Å². The van der Waals surface area contributed by atoms with Crippen molar-refractivity contribution in [2.45, 2.75) is 19.4 Å². The number of imide groups is 1. The first-order chi connectivity index (χ1) is 11.3. The second kappa shape index (κ2) is 5.59. The number of carbonyl (C=O) groups excluding carboxylic acids is 3. The van der Waals surface area contributed by atoms with E-state index >= 15 is 0 Å². The van der Waals surface area contributed by atoms with Crippen molar-refractivity contribution >= 4 is 17.7 Å². The van der Waals surface area contributed by atoms with Gasteiger partial charge in [0.25, 0.3) is 5.91 Å². The summed E-state index contributed by atoms with van der Waals surface area (Å²) in [6.45, 7) is 2.82. The number of nitrogens with zero attached hydrogens (tertiary/aromatic N) is 1. The predicted octanol–water partition coefficient (Wildman–Crippen LogP) is 2.38. The van der Waals surface area contributed by atoms with Crippen molar-refractivity contribution in [3.05, 3.63) is 59.3 Å². The van der Waals surface area contributed by atoms with Gasteiger partial charge in [-0.05, 0) is 50.2 Å². The molecule has 1 atom stereocenters. The minimum Gasteiger partial charge on any atom is -0.463 e. The maximum atomic E-state index is 12.9. The maximum Gasteiger partial charge on any atom is 0.325 e. The van der Waals surface area contributed by atoms with Crippen molar-refractivity contribution in [1.29, 1.82) is 0 Å². The van der Waals surface area contributed by atoms with Gasteiger partial charge < -0.3 is 9.73 Å². The van der Waals surface area contributed by atoms with Crippen molar-refractivity contribution in [3.8, 4) is 0 Å². The predicted molar refractivity (Wildman–Crippen MR) is 81.8 cm³/mol. The Labute approximate surface area is 137 Å². The summed E-state index contributed by atoms with van der Waals surface area (Å²) in [4.78, 5) is 37.9. The van der Waals surface area contributed by atoms with Gasteiger partial charge in [0.1, 0.15) is 17.3 Å². The van der Waals surface area contributed by atoms with Crippen LogP contribution in [0.3, 0.4) is 0 Å². The Morgan fingerprint density at radius 1 is 1.21 bits per heavy atom. The Morgan fingerprint density at radius 3 is 2.46 bits per heavy atom. The number of hydrogen-bond acceptors (Lipinski definition) is 4. The molecule has 3 rings (SSSR count). The minimum absolute atomic E-state index is 0.222. The molecule has 2 heterocycles. The summed E-state index contributed by atoms with van der Waals surface area (Å²) in [7, 11) is 0. The van der Waals surface area contributed by atoms with Crippen molar-refractivity contribution in [3.63, 3.8) is 0 Å². The first kappa shape index (κ1) is 15.9. The van der Waals surface area contributed by atoms with E-state index < -0.39 is 35.6 Å². The van der Waals surface area contributed by atoms with Crippen molar-refractivity contribution < 1.29 is 23.2 Å². The molecule has 3 amide bonds. The lowest BCUT2D eigenvalue weighted by molar-refractivity contribution is -0.131. The summed E-state index contributed by atoms with van der Waals surface area (Å²) in [6.07, 6.45) is 0. The number of urea groups is 1. The van der Waals surface area contributed by atoms with Gasteiger partial charge in [0.2, 0.25) is 0 Å². The van der Waals surface area contributed by atoms with Gasteiger partial charge in [0.05, 0.1) is 6.54 Å². The van der Waals surface area contributed by atoms with Crippen LogP contribution in [0.4, 0.5) is 9.18 Å². The summed E-state index contributed by atoms with van der Waals surface area (Å²) in [5.41, 5.74) is -1.13. The third-order valence-electron chi connectivity index (χ3n) is 3.98. The van der Waals surface area contributed by atoms with E-state index in [-0.39, 0.29) is 5.56 Å². The summed E-state index contributed by atoms with van der Waals surface area (Å²) in [5, 5.41) is 2.56. The highest BCUT2D eigenvalue weighted by Gasteiger charge is 2.51. The quantitative estimate of drug-likeness (QED) is 0.689. The zero-order chi connectivity index (χ0) is 17.5. The van der Waals surface area contributed by atoms with Crippen LogP contribution >= 0.6 is 0 Å². The third-order valence-corrected chi connectivity index (χ3v) is 3.98. The zero-order valence-corrected chi connectivity index (χ0v) is 13.1. The summed E-state index contributed by atoms with van der Waals surface area (Å²) in [5.74, 6) is -0.595. The van der Waals surface area contributed by atoms with E-state index in [0.717, 1.165) is 17.0 Å². The number of hydrogen-bond donors (Lipinski definition) is 1. The Hall–Kier alpha value is -2.96. The largest absolute Gasteiger partial charge is 0.463 e. The fourth-order valence-electron chi connectivity index (χ4n) is 2.58. The van der Waals surface area contributed by atoms with Crippen molar-refractivity contribution in [1.82, 2.24) is 10.2 Å². The normalized spacial score (nSPS) is 20.4. The highest BCUT2D eigenvalue weighted by molar-refractivity contribution is 6.11. The van der Waals surface area contributed by atoms with Gasteiger partial charge in [-0.3, -0.25) is 14.5 Å². The number of rotatable bonds is 4. The number of Topliss-reactive ketones (excluding diaryl/α,β-unsaturated/α-hetero) is 1. The molecule has 0 spiro atoms. The fourth-order valence-corrected chi connectivity index (χ4v) is 2.58. The molecule has 7 heteroatoms. The standard InChI is InChI=1S/C17H15FN2O4/c1-10-3-8-14(24-10)17(2)15(22)20(16(23)19-17)9-13(21)11-4-6-12(18)7-5-11/h3-8H,9H2,1-2H3,(H,19,23). The van der Waals surface area contributed by atoms with Crippen LogP contribution in [0.5, 0.6) is 0 Å². The summed E-state index contributed by atoms with van der Waals surface area (Å²) < 4.78 is 18.4. The van der Waals surface area contributed by atoms with Crippen LogP contribution < -0.4 is 5.32 Å². The van der Waals surface area contributed by atoms with E-state index in [0.29, 0.717) is 11.5 Å². The highest BCUT2D eigenvalue weighted by Crippen LogP contribution is 2.30. The van der Waals surface area contributed by atoms with Crippen LogP contribution in [0.1, 0.15) is 28.8 Å². The zero-order valence-electron chi connectivity index (χ0n) is 13.1. The lowest BCUT2D eigenvalue weighted by Gasteiger charge is -2.18. The molecule has 1 fully saturated rings. The van der Waals surface area contributed by atoms with Crippen molar-refractivity contribution in [2.75, 3.05) is 6.54 Å². The Balaban J connectivity index is 1.82. The topological polar surface area (TPSA) is 79.6 Å². The molecule has 0 radical (unpaired) electrons. The van der Waals surface area contributed by atoms with Crippen LogP contribution in [-0.4, -0.2) is 29.2 Å². The van der Waals surface area contributed by atoms with E-state index in [2.05, 4.69) is 5.32 Å². The van der Waals surface area contributed by atoms with Crippen LogP contribution in [0.2, 0.25) is 0 Å². The van der Waals surface area contributed by atoms with E-state index in [1.54, 1.807) is 19.1 Å². The average Bonchev–Trinajstić information content (AvgIpc) is 3.06. The number of aryl methyl sites for hydroxylation is 1. The van der Waals surface area contributed by atoms with Crippen LogP contribution in [0, 0.1) is 12.7 Å². The molecule has 1 saturated heterocycles. The van der Waals surface area contributed by atoms with Gasteiger partial charge >= 0.3 is 6.03 Å². The number of amides is 3. The van der Waals surface area contributed by atoms with Gasteiger partial charge in [-0.1, -0.05) is 0 Å².